The molecular formula is C23H21NO3S. The maximum atomic E-state index is 13.3. The number of hydrogen-bond acceptors (Lipinski definition) is 3. The van der Waals surface area contributed by atoms with Gasteiger partial charge in [0.05, 0.1) is 11.3 Å². The molecule has 142 valence electrons. The summed E-state index contributed by atoms with van der Waals surface area (Å²) in [6.45, 7) is 1.99. The van der Waals surface area contributed by atoms with Crippen molar-refractivity contribution in [1.29, 1.82) is 0 Å². The standard InChI is InChI=1S/C23H21NO3S/c1-17-11-13-20(14-12-17)28(26,27)24-16-22(18-7-3-2-4-8-18)21-10-6-5-9-19(21)15-23(24)25/h2-14,22H,15-16H2,1H3/t22-/m1/s1. The molecule has 0 N–H and O–H groups in total. The van der Waals surface area contributed by atoms with E-state index >= 15 is 0 Å². The van der Waals surface area contributed by atoms with Crippen molar-refractivity contribution in [3.05, 3.63) is 101 Å². The summed E-state index contributed by atoms with van der Waals surface area (Å²) in [5, 5.41) is 0. The molecule has 1 amide bonds. The number of carbonyl (C=O) groups is 1. The summed E-state index contributed by atoms with van der Waals surface area (Å²) in [6, 6.07) is 24.1. The molecule has 0 bridgehead atoms. The number of aryl methyl sites for hydroxylation is 1. The molecule has 0 aromatic heterocycles. The Morgan fingerprint density at radius 1 is 0.857 bits per heavy atom. The smallest absolute Gasteiger partial charge is 0.266 e. The van der Waals surface area contributed by atoms with Gasteiger partial charge in [0.25, 0.3) is 10.0 Å². The van der Waals surface area contributed by atoms with E-state index in [2.05, 4.69) is 0 Å². The summed E-state index contributed by atoms with van der Waals surface area (Å²) in [4.78, 5) is 13.1. The lowest BCUT2D eigenvalue weighted by molar-refractivity contribution is -0.125. The zero-order valence-corrected chi connectivity index (χ0v) is 16.4. The SMILES string of the molecule is Cc1ccc(S(=O)(=O)N2C[C@H](c3ccccc3)c3ccccc3CC2=O)cc1. The number of rotatable bonds is 3. The van der Waals surface area contributed by atoms with Crippen LogP contribution in [0.25, 0.3) is 0 Å². The van der Waals surface area contributed by atoms with Gasteiger partial charge in [-0.15, -0.1) is 0 Å². The van der Waals surface area contributed by atoms with E-state index in [0.29, 0.717) is 0 Å². The zero-order valence-electron chi connectivity index (χ0n) is 15.6. The summed E-state index contributed by atoms with van der Waals surface area (Å²) in [5.41, 5.74) is 3.84. The maximum absolute atomic E-state index is 13.3. The first kappa shape index (κ1) is 18.4. The Morgan fingerprint density at radius 2 is 1.50 bits per heavy atom. The van der Waals surface area contributed by atoms with Crippen molar-refractivity contribution in [3.8, 4) is 0 Å². The fourth-order valence-electron chi connectivity index (χ4n) is 3.69. The molecule has 4 nitrogen and oxygen atoms in total. The number of sulfonamides is 1. The third kappa shape index (κ3) is 3.34. The summed E-state index contributed by atoms with van der Waals surface area (Å²) in [5.74, 6) is -0.601. The van der Waals surface area contributed by atoms with Crippen molar-refractivity contribution in [3.63, 3.8) is 0 Å². The van der Waals surface area contributed by atoms with Gasteiger partial charge in [0, 0.05) is 12.5 Å². The first-order valence-electron chi connectivity index (χ1n) is 9.22. The number of fused-ring (bicyclic) bond motifs is 1. The Bertz CT molecular complexity index is 1110. The van der Waals surface area contributed by atoms with E-state index in [1.165, 1.54) is 0 Å². The average Bonchev–Trinajstić information content (AvgIpc) is 2.85. The minimum absolute atomic E-state index is 0.0740. The van der Waals surface area contributed by atoms with Crippen LogP contribution in [0.15, 0.2) is 83.8 Å². The number of hydrogen-bond donors (Lipinski definition) is 0. The van der Waals surface area contributed by atoms with Crippen LogP contribution < -0.4 is 0 Å². The highest BCUT2D eigenvalue weighted by molar-refractivity contribution is 7.89. The molecule has 4 rings (SSSR count). The van der Waals surface area contributed by atoms with Crippen LogP contribution in [-0.2, 0) is 21.2 Å². The second-order valence-corrected chi connectivity index (χ2v) is 8.94. The zero-order chi connectivity index (χ0) is 19.7. The lowest BCUT2D eigenvalue weighted by Gasteiger charge is -2.25. The van der Waals surface area contributed by atoms with Gasteiger partial charge in [-0.1, -0.05) is 72.3 Å². The van der Waals surface area contributed by atoms with Gasteiger partial charge in [-0.25, -0.2) is 12.7 Å². The molecule has 0 aliphatic carbocycles. The molecule has 0 unspecified atom stereocenters. The molecule has 0 saturated heterocycles. The minimum atomic E-state index is -3.93. The minimum Gasteiger partial charge on any atom is -0.273 e. The third-order valence-corrected chi connectivity index (χ3v) is 7.01. The average molecular weight is 391 g/mol. The monoisotopic (exact) mass is 391 g/mol. The van der Waals surface area contributed by atoms with Crippen LogP contribution in [0.5, 0.6) is 0 Å². The molecule has 3 aromatic rings. The molecule has 28 heavy (non-hydrogen) atoms. The number of benzene rings is 3. The van der Waals surface area contributed by atoms with E-state index in [4.69, 9.17) is 0 Å². The fourth-order valence-corrected chi connectivity index (χ4v) is 5.10. The Kier molecular flexibility index (Phi) is 4.77. The van der Waals surface area contributed by atoms with Crippen molar-refractivity contribution >= 4 is 15.9 Å². The number of nitrogens with zero attached hydrogens (tertiary/aromatic N) is 1. The normalized spacial score (nSPS) is 17.1. The molecule has 0 spiro atoms. The van der Waals surface area contributed by atoms with Gasteiger partial charge < -0.3 is 0 Å². The highest BCUT2D eigenvalue weighted by Gasteiger charge is 2.36. The quantitative estimate of drug-likeness (QED) is 0.680. The molecule has 3 aromatic carbocycles. The van der Waals surface area contributed by atoms with E-state index in [1.54, 1.807) is 24.3 Å². The van der Waals surface area contributed by atoms with Crippen molar-refractivity contribution in [2.75, 3.05) is 6.54 Å². The largest absolute Gasteiger partial charge is 0.273 e. The second kappa shape index (κ2) is 7.24. The van der Waals surface area contributed by atoms with Crippen LogP contribution in [0.3, 0.4) is 0 Å². The van der Waals surface area contributed by atoms with Gasteiger partial charge in [-0.3, -0.25) is 4.79 Å². The Balaban J connectivity index is 1.82. The Morgan fingerprint density at radius 3 is 2.21 bits per heavy atom. The van der Waals surface area contributed by atoms with Gasteiger partial charge in [0.15, 0.2) is 0 Å². The molecule has 0 fully saturated rings. The lowest BCUT2D eigenvalue weighted by atomic mass is 9.88. The summed E-state index contributed by atoms with van der Waals surface area (Å²) >= 11 is 0. The van der Waals surface area contributed by atoms with Gasteiger partial charge in [0.2, 0.25) is 5.91 Å². The second-order valence-electron chi connectivity index (χ2n) is 7.08. The first-order chi connectivity index (χ1) is 13.5. The molecule has 1 aliphatic rings. The third-order valence-electron chi connectivity index (χ3n) is 5.21. The van der Waals surface area contributed by atoms with Crippen LogP contribution in [0.2, 0.25) is 0 Å². The Labute approximate surface area is 165 Å². The summed E-state index contributed by atoms with van der Waals surface area (Å²) in [7, 11) is -3.93. The molecule has 1 heterocycles. The molecule has 0 saturated carbocycles. The lowest BCUT2D eigenvalue weighted by Crippen LogP contribution is -2.39. The van der Waals surface area contributed by atoms with Crippen molar-refractivity contribution in [1.82, 2.24) is 4.31 Å². The van der Waals surface area contributed by atoms with E-state index in [0.717, 1.165) is 26.6 Å². The predicted octanol–water partition coefficient (Wildman–Crippen LogP) is 3.90. The highest BCUT2D eigenvalue weighted by Crippen LogP contribution is 2.33. The van der Waals surface area contributed by atoms with Gasteiger partial charge >= 0.3 is 0 Å². The highest BCUT2D eigenvalue weighted by atomic mass is 32.2. The van der Waals surface area contributed by atoms with Crippen LogP contribution in [0, 0.1) is 6.92 Å². The van der Waals surface area contributed by atoms with Crippen molar-refractivity contribution in [2.24, 2.45) is 0 Å². The van der Waals surface area contributed by atoms with Crippen LogP contribution >= 0.6 is 0 Å². The fraction of sp³-hybridized carbons (Fsp3) is 0.174. The van der Waals surface area contributed by atoms with Gasteiger partial charge in [0.1, 0.15) is 0 Å². The van der Waals surface area contributed by atoms with Crippen LogP contribution in [0.4, 0.5) is 0 Å². The van der Waals surface area contributed by atoms with Crippen LogP contribution in [-0.4, -0.2) is 25.2 Å². The van der Waals surface area contributed by atoms with E-state index < -0.39 is 15.9 Å². The van der Waals surface area contributed by atoms with E-state index in [-0.39, 0.29) is 23.8 Å². The van der Waals surface area contributed by atoms with Gasteiger partial charge in [-0.2, -0.15) is 0 Å². The molecule has 1 atom stereocenters. The predicted molar refractivity (Wildman–Crippen MR) is 109 cm³/mol. The van der Waals surface area contributed by atoms with E-state index in [9.17, 15) is 13.2 Å². The topological polar surface area (TPSA) is 54.5 Å². The molecule has 0 radical (unpaired) electrons. The number of carbonyl (C=O) groups excluding carboxylic acids is 1. The Hall–Kier alpha value is -2.92. The molecule has 5 heteroatoms. The molecule has 1 aliphatic heterocycles. The van der Waals surface area contributed by atoms with Crippen molar-refractivity contribution in [2.45, 2.75) is 24.2 Å². The summed E-state index contributed by atoms with van der Waals surface area (Å²) in [6.07, 6.45) is 0.0740. The van der Waals surface area contributed by atoms with Crippen LogP contribution in [0.1, 0.15) is 28.2 Å². The van der Waals surface area contributed by atoms with Crippen molar-refractivity contribution < 1.29 is 13.2 Å². The molecular weight excluding hydrogens is 370 g/mol. The van der Waals surface area contributed by atoms with E-state index in [1.807, 2.05) is 61.5 Å². The maximum Gasteiger partial charge on any atom is 0.266 e. The van der Waals surface area contributed by atoms with Gasteiger partial charge in [-0.05, 0) is 35.7 Å². The first-order valence-corrected chi connectivity index (χ1v) is 10.7. The number of amides is 1. The summed E-state index contributed by atoms with van der Waals surface area (Å²) < 4.78 is 27.6.